The first kappa shape index (κ1) is 25.9. The zero-order valence-corrected chi connectivity index (χ0v) is 22.3. The fourth-order valence-electron chi connectivity index (χ4n) is 4.19. The van der Waals surface area contributed by atoms with E-state index in [1.54, 1.807) is 22.9 Å². The summed E-state index contributed by atoms with van der Waals surface area (Å²) in [6.07, 6.45) is 4.04. The molecule has 3 heterocycles. The lowest BCUT2D eigenvalue weighted by molar-refractivity contribution is -0.126. The second kappa shape index (κ2) is 11.7. The van der Waals surface area contributed by atoms with Crippen LogP contribution in [0.1, 0.15) is 44.2 Å². The zero-order chi connectivity index (χ0) is 25.7. The number of amides is 2. The SMILES string of the molecule is CCCNc1nc(SCCC)nc2c1cnn2CCNC(=O)C1CC(=O)N(c2ccc(C)c(C)c2)C1. The maximum atomic E-state index is 12.9. The second-order valence-corrected chi connectivity index (χ2v) is 10.3. The summed E-state index contributed by atoms with van der Waals surface area (Å²) < 4.78 is 1.81. The van der Waals surface area contributed by atoms with Gasteiger partial charge in [0.2, 0.25) is 11.8 Å². The van der Waals surface area contributed by atoms with Crippen LogP contribution < -0.4 is 15.5 Å². The van der Waals surface area contributed by atoms with Crippen molar-refractivity contribution >= 4 is 46.1 Å². The van der Waals surface area contributed by atoms with Gasteiger partial charge in [-0.25, -0.2) is 14.6 Å². The van der Waals surface area contributed by atoms with Crippen molar-refractivity contribution in [1.82, 2.24) is 25.1 Å². The minimum absolute atomic E-state index is 0.0163. The number of thioether (sulfide) groups is 1. The number of hydrogen-bond donors (Lipinski definition) is 2. The highest BCUT2D eigenvalue weighted by molar-refractivity contribution is 7.99. The Labute approximate surface area is 216 Å². The lowest BCUT2D eigenvalue weighted by Gasteiger charge is -2.18. The topological polar surface area (TPSA) is 105 Å². The van der Waals surface area contributed by atoms with Crippen molar-refractivity contribution in [2.75, 3.05) is 35.6 Å². The van der Waals surface area contributed by atoms with Gasteiger partial charge in [-0.3, -0.25) is 9.59 Å². The highest BCUT2D eigenvalue weighted by Gasteiger charge is 2.35. The van der Waals surface area contributed by atoms with Gasteiger partial charge in [0, 0.05) is 37.5 Å². The molecule has 1 saturated heterocycles. The molecule has 1 aliphatic heterocycles. The highest BCUT2D eigenvalue weighted by atomic mass is 32.2. The van der Waals surface area contributed by atoms with Gasteiger partial charge in [0.15, 0.2) is 10.8 Å². The van der Waals surface area contributed by atoms with Gasteiger partial charge in [-0.2, -0.15) is 5.10 Å². The van der Waals surface area contributed by atoms with E-state index in [1.165, 1.54) is 5.56 Å². The van der Waals surface area contributed by atoms with E-state index in [2.05, 4.69) is 34.6 Å². The molecule has 1 fully saturated rings. The third-order valence-corrected chi connectivity index (χ3v) is 7.43. The summed E-state index contributed by atoms with van der Waals surface area (Å²) >= 11 is 1.63. The summed E-state index contributed by atoms with van der Waals surface area (Å²) in [4.78, 5) is 36.6. The van der Waals surface area contributed by atoms with Gasteiger partial charge in [-0.15, -0.1) is 0 Å². The summed E-state index contributed by atoms with van der Waals surface area (Å²) in [5.41, 5.74) is 3.92. The lowest BCUT2D eigenvalue weighted by atomic mass is 10.1. The molecule has 3 aromatic rings. The van der Waals surface area contributed by atoms with Crippen LogP contribution in [0.15, 0.2) is 29.6 Å². The summed E-state index contributed by atoms with van der Waals surface area (Å²) in [5, 5.41) is 12.5. The van der Waals surface area contributed by atoms with E-state index in [9.17, 15) is 9.59 Å². The minimum Gasteiger partial charge on any atom is -0.369 e. The molecule has 1 unspecified atom stereocenters. The van der Waals surface area contributed by atoms with E-state index in [-0.39, 0.29) is 24.2 Å². The molecule has 0 radical (unpaired) electrons. The van der Waals surface area contributed by atoms with E-state index >= 15 is 0 Å². The first-order chi connectivity index (χ1) is 17.4. The number of nitrogens with zero attached hydrogens (tertiary/aromatic N) is 5. The largest absolute Gasteiger partial charge is 0.369 e. The molecule has 2 aromatic heterocycles. The van der Waals surface area contributed by atoms with Crippen molar-refractivity contribution in [3.63, 3.8) is 0 Å². The van der Waals surface area contributed by atoms with Crippen LogP contribution >= 0.6 is 11.8 Å². The predicted molar refractivity (Wildman–Crippen MR) is 145 cm³/mol. The Kier molecular flexibility index (Phi) is 8.45. The maximum Gasteiger partial charge on any atom is 0.227 e. The molecule has 4 rings (SSSR count). The Hall–Kier alpha value is -3.14. The number of fused-ring (bicyclic) bond motifs is 1. The number of nitrogens with one attached hydrogen (secondary N) is 2. The molecular formula is C26H35N7O2S. The molecule has 1 aliphatic rings. The lowest BCUT2D eigenvalue weighted by Crippen LogP contribution is -2.35. The van der Waals surface area contributed by atoms with Gasteiger partial charge < -0.3 is 15.5 Å². The number of aromatic nitrogens is 4. The van der Waals surface area contributed by atoms with Crippen LogP contribution in [0.2, 0.25) is 0 Å². The van der Waals surface area contributed by atoms with Gasteiger partial charge in [0.25, 0.3) is 0 Å². The Morgan fingerprint density at radius 1 is 1.14 bits per heavy atom. The molecule has 0 aliphatic carbocycles. The van der Waals surface area contributed by atoms with Crippen LogP contribution in [-0.4, -0.2) is 56.9 Å². The van der Waals surface area contributed by atoms with Crippen LogP contribution in [0.3, 0.4) is 0 Å². The minimum atomic E-state index is -0.363. The maximum absolute atomic E-state index is 12.9. The van der Waals surface area contributed by atoms with Crippen LogP contribution in [0.5, 0.6) is 0 Å². The van der Waals surface area contributed by atoms with E-state index < -0.39 is 0 Å². The van der Waals surface area contributed by atoms with Crippen molar-refractivity contribution < 1.29 is 9.59 Å². The Morgan fingerprint density at radius 3 is 2.72 bits per heavy atom. The Balaban J connectivity index is 1.39. The number of rotatable bonds is 11. The number of benzene rings is 1. The van der Waals surface area contributed by atoms with Crippen LogP contribution in [0.4, 0.5) is 11.5 Å². The molecule has 0 spiro atoms. The summed E-state index contributed by atoms with van der Waals surface area (Å²) in [6, 6.07) is 5.97. The highest BCUT2D eigenvalue weighted by Crippen LogP contribution is 2.27. The molecular weight excluding hydrogens is 474 g/mol. The normalized spacial score (nSPS) is 15.6. The van der Waals surface area contributed by atoms with Crippen LogP contribution in [0, 0.1) is 19.8 Å². The number of carbonyl (C=O) groups excluding carboxylic acids is 2. The van der Waals surface area contributed by atoms with E-state index in [4.69, 9.17) is 4.98 Å². The van der Waals surface area contributed by atoms with Crippen molar-refractivity contribution in [2.45, 2.75) is 58.7 Å². The van der Waals surface area contributed by atoms with Crippen LogP contribution in [0.25, 0.3) is 11.0 Å². The standard InChI is InChI=1S/C26H35N7O2S/c1-5-9-27-23-21-15-29-33(24(21)31-26(30-23)36-12-6-2)11-10-28-25(35)19-14-22(34)32(16-19)20-8-7-17(3)18(4)13-20/h7-8,13,15,19H,5-6,9-12,14,16H2,1-4H3,(H,28,35)(H,27,30,31). The number of carbonyl (C=O) groups is 2. The summed E-state index contributed by atoms with van der Waals surface area (Å²) in [6.45, 7) is 10.4. The first-order valence-corrected chi connectivity index (χ1v) is 13.6. The average Bonchev–Trinajstić information content (AvgIpc) is 3.46. The Morgan fingerprint density at radius 2 is 1.97 bits per heavy atom. The molecule has 0 saturated carbocycles. The molecule has 1 atom stereocenters. The smallest absolute Gasteiger partial charge is 0.227 e. The van der Waals surface area contributed by atoms with Crippen molar-refractivity contribution in [3.8, 4) is 0 Å². The number of hydrogen-bond acceptors (Lipinski definition) is 7. The van der Waals surface area contributed by atoms with Gasteiger partial charge in [0.05, 0.1) is 24.0 Å². The quantitative estimate of drug-likeness (QED) is 0.298. The number of aryl methyl sites for hydroxylation is 2. The summed E-state index contributed by atoms with van der Waals surface area (Å²) in [7, 11) is 0. The van der Waals surface area contributed by atoms with Gasteiger partial charge in [0.1, 0.15) is 5.82 Å². The fraction of sp³-hybridized carbons (Fsp3) is 0.500. The van der Waals surface area contributed by atoms with Crippen molar-refractivity contribution in [1.29, 1.82) is 0 Å². The molecule has 36 heavy (non-hydrogen) atoms. The second-order valence-electron chi connectivity index (χ2n) is 9.20. The Bertz CT molecular complexity index is 1240. The average molecular weight is 510 g/mol. The van der Waals surface area contributed by atoms with Crippen LogP contribution in [-0.2, 0) is 16.1 Å². The van der Waals surface area contributed by atoms with E-state index in [1.807, 2.05) is 36.7 Å². The monoisotopic (exact) mass is 509 g/mol. The number of anilines is 2. The molecule has 192 valence electrons. The van der Waals surface area contributed by atoms with Crippen molar-refractivity contribution in [3.05, 3.63) is 35.5 Å². The zero-order valence-electron chi connectivity index (χ0n) is 21.5. The molecule has 2 N–H and O–H groups in total. The molecule has 0 bridgehead atoms. The van der Waals surface area contributed by atoms with E-state index in [0.29, 0.717) is 19.6 Å². The van der Waals surface area contributed by atoms with Gasteiger partial charge >= 0.3 is 0 Å². The molecule has 1 aromatic carbocycles. The predicted octanol–water partition coefficient (Wildman–Crippen LogP) is 3.94. The summed E-state index contributed by atoms with van der Waals surface area (Å²) in [5.74, 6) is 1.26. The van der Waals surface area contributed by atoms with Gasteiger partial charge in [-0.05, 0) is 49.9 Å². The molecule has 2 amide bonds. The van der Waals surface area contributed by atoms with E-state index in [0.717, 1.165) is 58.4 Å². The molecule has 10 heteroatoms. The van der Waals surface area contributed by atoms with Crippen molar-refractivity contribution in [2.24, 2.45) is 5.92 Å². The first-order valence-electron chi connectivity index (χ1n) is 12.7. The third kappa shape index (κ3) is 5.80. The fourth-order valence-corrected chi connectivity index (χ4v) is 4.88. The molecule has 9 nitrogen and oxygen atoms in total. The van der Waals surface area contributed by atoms with Gasteiger partial charge in [-0.1, -0.05) is 31.7 Å². The third-order valence-electron chi connectivity index (χ3n) is 6.37.